The molecule has 0 saturated carbocycles. The topological polar surface area (TPSA) is 237 Å². The quantitative estimate of drug-likeness (QED) is 0.0222. The number of ether oxygens (including phenoxy) is 4. The van der Waals surface area contributed by atoms with E-state index in [2.05, 4.69) is 41.5 Å². The minimum Gasteiger partial charge on any atom is -0.462 e. The van der Waals surface area contributed by atoms with E-state index in [0.717, 1.165) is 102 Å². The lowest BCUT2D eigenvalue weighted by molar-refractivity contribution is -0.161. The molecule has 0 aliphatic carbocycles. The highest BCUT2D eigenvalue weighted by Gasteiger charge is 2.31. The second-order valence-electron chi connectivity index (χ2n) is 33.3. The van der Waals surface area contributed by atoms with Crippen molar-refractivity contribution in [2.24, 2.45) is 11.8 Å². The molecule has 0 heterocycles. The van der Waals surface area contributed by atoms with Gasteiger partial charge in [0, 0.05) is 25.7 Å². The molecule has 0 fully saturated rings. The van der Waals surface area contributed by atoms with Crippen molar-refractivity contribution in [1.82, 2.24) is 0 Å². The number of esters is 4. The monoisotopic (exact) mass is 1590 g/mol. The third-order valence-corrected chi connectivity index (χ3v) is 23.1. The standard InChI is InChI=1S/C90H176O17P2/c1-7-9-11-13-15-17-19-21-22-23-24-25-26-31-38-44-50-56-62-68-74-89(94)107-86(79-101-88(93)73-67-61-55-49-43-37-32-27-29-35-40-46-52-58-64-70-82(3)4)81-105-109(98,99)103-77-84(91)76-102-108(96,97)104-80-85(78-100-87(92)72-66-60-54-48-42-34-20-18-16-14-12-10-8-2)106-90(95)75-69-63-57-51-45-39-33-28-30-36-41-47-53-59-65-71-83(5)6/h82-86,91H,7-81H2,1-6H3,(H,96,97)(H,98,99)/t84-,85+,86+/m0/s1. The molecule has 19 heteroatoms. The van der Waals surface area contributed by atoms with E-state index in [1.165, 1.54) is 302 Å². The van der Waals surface area contributed by atoms with E-state index in [4.69, 9.17) is 37.0 Å². The zero-order valence-electron chi connectivity index (χ0n) is 71.9. The Balaban J connectivity index is 5.26. The average Bonchev–Trinajstić information content (AvgIpc) is 0.900. The third kappa shape index (κ3) is 83.8. The lowest BCUT2D eigenvalue weighted by atomic mass is 10.0. The first kappa shape index (κ1) is 107. The number of aliphatic hydroxyl groups is 1. The van der Waals surface area contributed by atoms with E-state index in [-0.39, 0.29) is 25.7 Å². The van der Waals surface area contributed by atoms with E-state index < -0.39 is 97.5 Å². The van der Waals surface area contributed by atoms with Gasteiger partial charge in [-0.25, -0.2) is 9.13 Å². The van der Waals surface area contributed by atoms with Gasteiger partial charge in [-0.15, -0.1) is 0 Å². The van der Waals surface area contributed by atoms with Crippen LogP contribution >= 0.6 is 15.6 Å². The zero-order chi connectivity index (χ0) is 79.9. The summed E-state index contributed by atoms with van der Waals surface area (Å²) in [4.78, 5) is 73.4. The summed E-state index contributed by atoms with van der Waals surface area (Å²) in [6, 6.07) is 0. The van der Waals surface area contributed by atoms with Gasteiger partial charge in [0.25, 0.3) is 0 Å². The van der Waals surface area contributed by atoms with Crippen molar-refractivity contribution < 1.29 is 80.2 Å². The van der Waals surface area contributed by atoms with Crippen molar-refractivity contribution in [2.75, 3.05) is 39.6 Å². The number of hydrogen-bond donors (Lipinski definition) is 3. The van der Waals surface area contributed by atoms with Gasteiger partial charge < -0.3 is 33.8 Å². The van der Waals surface area contributed by atoms with Crippen molar-refractivity contribution in [3.05, 3.63) is 0 Å². The van der Waals surface area contributed by atoms with Gasteiger partial charge in [-0.1, -0.05) is 433 Å². The lowest BCUT2D eigenvalue weighted by Crippen LogP contribution is -2.30. The molecule has 3 N–H and O–H groups in total. The normalized spacial score (nSPS) is 13.8. The Hall–Kier alpha value is -1.94. The average molecular weight is 1590 g/mol. The van der Waals surface area contributed by atoms with E-state index >= 15 is 0 Å². The van der Waals surface area contributed by atoms with E-state index in [1.54, 1.807) is 0 Å². The smallest absolute Gasteiger partial charge is 0.462 e. The molecule has 0 spiro atoms. The predicted octanol–water partition coefficient (Wildman–Crippen LogP) is 27.8. The molecule has 0 radical (unpaired) electrons. The maximum Gasteiger partial charge on any atom is 0.472 e. The van der Waals surface area contributed by atoms with Gasteiger partial charge in [-0.2, -0.15) is 0 Å². The molecule has 648 valence electrons. The zero-order valence-corrected chi connectivity index (χ0v) is 73.7. The molecular weight excluding hydrogens is 1410 g/mol. The van der Waals surface area contributed by atoms with Gasteiger partial charge >= 0.3 is 39.5 Å². The summed E-state index contributed by atoms with van der Waals surface area (Å²) in [7, 11) is -9.94. The van der Waals surface area contributed by atoms with Crippen molar-refractivity contribution in [3.8, 4) is 0 Å². The van der Waals surface area contributed by atoms with Gasteiger partial charge in [-0.3, -0.25) is 37.3 Å². The third-order valence-electron chi connectivity index (χ3n) is 21.2. The van der Waals surface area contributed by atoms with Crippen LogP contribution in [0.5, 0.6) is 0 Å². The lowest BCUT2D eigenvalue weighted by Gasteiger charge is -2.21. The molecule has 0 aliphatic heterocycles. The van der Waals surface area contributed by atoms with Gasteiger partial charge in [0.15, 0.2) is 12.2 Å². The first-order chi connectivity index (χ1) is 52.9. The van der Waals surface area contributed by atoms with Crippen molar-refractivity contribution >= 4 is 39.5 Å². The summed E-state index contributed by atoms with van der Waals surface area (Å²) in [5, 5.41) is 10.7. The number of carbonyl (C=O) groups excluding carboxylic acids is 4. The second-order valence-corrected chi connectivity index (χ2v) is 36.2. The molecule has 0 saturated heterocycles. The Bertz CT molecular complexity index is 2080. The second kappa shape index (κ2) is 81.2. The van der Waals surface area contributed by atoms with Crippen LogP contribution in [0.1, 0.15) is 485 Å². The van der Waals surface area contributed by atoms with Crippen LogP contribution in [0, 0.1) is 11.8 Å². The van der Waals surface area contributed by atoms with Crippen LogP contribution in [0.15, 0.2) is 0 Å². The summed E-state index contributed by atoms with van der Waals surface area (Å²) in [5.74, 6) is -0.485. The Kier molecular flexibility index (Phi) is 79.8. The fourth-order valence-corrected chi connectivity index (χ4v) is 15.7. The summed E-state index contributed by atoms with van der Waals surface area (Å²) in [6.07, 6.45) is 74.9. The van der Waals surface area contributed by atoms with Gasteiger partial charge in [0.1, 0.15) is 19.3 Å². The number of unbranched alkanes of at least 4 members (excludes halogenated alkanes) is 59. The number of phosphoric ester groups is 2. The number of carbonyl (C=O) groups is 4. The summed E-state index contributed by atoms with van der Waals surface area (Å²) >= 11 is 0. The van der Waals surface area contributed by atoms with Gasteiger partial charge in [0.05, 0.1) is 26.4 Å². The molecule has 0 aromatic heterocycles. The molecule has 2 unspecified atom stereocenters. The van der Waals surface area contributed by atoms with Gasteiger partial charge in [-0.05, 0) is 37.5 Å². The van der Waals surface area contributed by atoms with Crippen molar-refractivity contribution in [1.29, 1.82) is 0 Å². The number of phosphoric acid groups is 2. The van der Waals surface area contributed by atoms with Crippen LogP contribution in [-0.2, 0) is 65.4 Å². The molecule has 109 heavy (non-hydrogen) atoms. The molecule has 0 aromatic carbocycles. The highest BCUT2D eigenvalue weighted by atomic mass is 31.2. The molecule has 0 amide bonds. The largest absolute Gasteiger partial charge is 0.472 e. The molecule has 5 atom stereocenters. The highest BCUT2D eigenvalue weighted by molar-refractivity contribution is 7.47. The molecule has 0 bridgehead atoms. The molecule has 0 aliphatic rings. The van der Waals surface area contributed by atoms with E-state index in [9.17, 15) is 43.2 Å². The summed E-state index contributed by atoms with van der Waals surface area (Å²) in [6.45, 7) is 9.76. The van der Waals surface area contributed by atoms with Crippen LogP contribution in [0.3, 0.4) is 0 Å². The first-order valence-electron chi connectivity index (χ1n) is 46.5. The Morgan fingerprint density at radius 3 is 0.624 bits per heavy atom. The van der Waals surface area contributed by atoms with Crippen molar-refractivity contribution in [3.63, 3.8) is 0 Å². The van der Waals surface area contributed by atoms with Crippen LogP contribution in [0.2, 0.25) is 0 Å². The Morgan fingerprint density at radius 2 is 0.422 bits per heavy atom. The molecular formula is C90H176O17P2. The Morgan fingerprint density at radius 1 is 0.248 bits per heavy atom. The summed E-state index contributed by atoms with van der Waals surface area (Å²) < 4.78 is 69.1. The number of aliphatic hydroxyl groups excluding tert-OH is 1. The van der Waals surface area contributed by atoms with E-state index in [0.29, 0.717) is 25.7 Å². The minimum atomic E-state index is -4.97. The van der Waals surface area contributed by atoms with E-state index in [1.807, 2.05) is 0 Å². The molecule has 0 aromatic rings. The van der Waals surface area contributed by atoms with Crippen LogP contribution in [0.25, 0.3) is 0 Å². The maximum absolute atomic E-state index is 13.2. The fourth-order valence-electron chi connectivity index (χ4n) is 14.1. The van der Waals surface area contributed by atoms with Crippen LogP contribution in [0.4, 0.5) is 0 Å². The number of rotatable bonds is 89. The van der Waals surface area contributed by atoms with Gasteiger partial charge in [0.2, 0.25) is 0 Å². The highest BCUT2D eigenvalue weighted by Crippen LogP contribution is 2.45. The fraction of sp³-hybridized carbons (Fsp3) is 0.956. The van der Waals surface area contributed by atoms with Crippen molar-refractivity contribution in [2.45, 2.75) is 503 Å². The first-order valence-corrected chi connectivity index (χ1v) is 49.5. The van der Waals surface area contributed by atoms with Crippen LogP contribution in [-0.4, -0.2) is 96.7 Å². The molecule has 17 nitrogen and oxygen atoms in total. The predicted molar refractivity (Wildman–Crippen MR) is 451 cm³/mol. The summed E-state index contributed by atoms with van der Waals surface area (Å²) in [5.41, 5.74) is 0. The molecule has 0 rings (SSSR count). The SMILES string of the molecule is CCCCCCCCCCCCCCCCCCCCCCC(=O)O[C@H](COC(=O)CCCCCCCCCCCCCCCCCC(C)C)COP(=O)(O)OC[C@@H](O)COP(=O)(O)OC[C@@H](COC(=O)CCCCCCCCCCCCCCC)OC(=O)CCCCCCCCCCCCCCCCCC(C)C. The Labute approximate surface area is 670 Å². The minimum absolute atomic E-state index is 0.109. The maximum atomic E-state index is 13.2. The number of hydrogen-bond acceptors (Lipinski definition) is 15. The van der Waals surface area contributed by atoms with Crippen LogP contribution < -0.4 is 0 Å².